The molecular formula is C19H23FN4O2. The topological polar surface area (TPSA) is 76.0 Å². The highest BCUT2D eigenvalue weighted by molar-refractivity contribution is 5.97. The second-order valence-electron chi connectivity index (χ2n) is 6.48. The van der Waals surface area contributed by atoms with E-state index in [0.29, 0.717) is 12.2 Å². The maximum Gasteiger partial charge on any atom is 0.272 e. The molecule has 0 radical (unpaired) electrons. The van der Waals surface area contributed by atoms with Crippen LogP contribution in [0.5, 0.6) is 0 Å². The highest BCUT2D eigenvalue weighted by Crippen LogP contribution is 2.28. The number of nitrogens with one attached hydrogen (secondary N) is 2. The molecule has 0 bridgehead atoms. The predicted octanol–water partition coefficient (Wildman–Crippen LogP) is 2.14. The van der Waals surface area contributed by atoms with Crippen molar-refractivity contribution in [1.82, 2.24) is 20.4 Å². The summed E-state index contributed by atoms with van der Waals surface area (Å²) in [5.41, 5.74) is 2.31. The van der Waals surface area contributed by atoms with Crippen LogP contribution in [0, 0.1) is 5.82 Å². The summed E-state index contributed by atoms with van der Waals surface area (Å²) >= 11 is 0. The third kappa shape index (κ3) is 3.47. The fraction of sp³-hybridized carbons (Fsp3) is 0.421. The predicted molar refractivity (Wildman–Crippen MR) is 95.8 cm³/mol. The zero-order chi connectivity index (χ0) is 18.7. The lowest BCUT2D eigenvalue weighted by Crippen LogP contribution is -2.45. The second-order valence-corrected chi connectivity index (χ2v) is 6.48. The van der Waals surface area contributed by atoms with Gasteiger partial charge < -0.3 is 10.6 Å². The fourth-order valence-electron chi connectivity index (χ4n) is 3.17. The van der Waals surface area contributed by atoms with Gasteiger partial charge in [0.15, 0.2) is 5.69 Å². The monoisotopic (exact) mass is 358 g/mol. The molecule has 2 amide bonds. The van der Waals surface area contributed by atoms with E-state index in [1.54, 1.807) is 25.1 Å². The lowest BCUT2D eigenvalue weighted by molar-refractivity contribution is -0.122. The number of fused-ring (bicyclic) bond motifs is 1. The maximum atomic E-state index is 14.2. The van der Waals surface area contributed by atoms with Crippen LogP contribution in [0.15, 0.2) is 24.3 Å². The van der Waals surface area contributed by atoms with Crippen LogP contribution in [0.25, 0.3) is 5.69 Å². The highest BCUT2D eigenvalue weighted by atomic mass is 19.1. The van der Waals surface area contributed by atoms with Crippen molar-refractivity contribution < 1.29 is 14.0 Å². The molecule has 138 valence electrons. The summed E-state index contributed by atoms with van der Waals surface area (Å²) in [5, 5.41) is 9.81. The zero-order valence-corrected chi connectivity index (χ0v) is 15.0. The molecule has 26 heavy (non-hydrogen) atoms. The first-order valence-electron chi connectivity index (χ1n) is 8.97. The quantitative estimate of drug-likeness (QED) is 0.831. The van der Waals surface area contributed by atoms with Gasteiger partial charge in [-0.15, -0.1) is 0 Å². The third-order valence-electron chi connectivity index (χ3n) is 4.52. The molecule has 0 saturated carbocycles. The van der Waals surface area contributed by atoms with Gasteiger partial charge in [-0.25, -0.2) is 9.07 Å². The van der Waals surface area contributed by atoms with E-state index in [1.165, 1.54) is 10.7 Å². The van der Waals surface area contributed by atoms with Crippen LogP contribution in [-0.2, 0) is 17.6 Å². The molecule has 2 N–H and O–H groups in total. The fourth-order valence-corrected chi connectivity index (χ4v) is 3.17. The molecular weight excluding hydrogens is 335 g/mol. The number of hydrogen-bond donors (Lipinski definition) is 2. The number of halogens is 1. The van der Waals surface area contributed by atoms with Gasteiger partial charge >= 0.3 is 0 Å². The number of benzene rings is 1. The number of rotatable bonds is 6. The van der Waals surface area contributed by atoms with Crippen molar-refractivity contribution in [3.63, 3.8) is 0 Å². The second kappa shape index (κ2) is 7.68. The van der Waals surface area contributed by atoms with Gasteiger partial charge in [-0.3, -0.25) is 9.59 Å². The number of aromatic nitrogens is 2. The van der Waals surface area contributed by atoms with E-state index in [2.05, 4.69) is 15.7 Å². The van der Waals surface area contributed by atoms with Crippen LogP contribution in [0.2, 0.25) is 0 Å². The van der Waals surface area contributed by atoms with Crippen molar-refractivity contribution in [3.05, 3.63) is 47.0 Å². The Morgan fingerprint density at radius 3 is 2.81 bits per heavy atom. The number of amides is 2. The Morgan fingerprint density at radius 2 is 2.08 bits per heavy atom. The summed E-state index contributed by atoms with van der Waals surface area (Å²) in [5.74, 6) is -1.02. The van der Waals surface area contributed by atoms with E-state index < -0.39 is 11.9 Å². The van der Waals surface area contributed by atoms with E-state index in [9.17, 15) is 14.0 Å². The molecule has 1 heterocycles. The summed E-state index contributed by atoms with van der Waals surface area (Å²) in [6.45, 7) is 4.16. The molecule has 1 aromatic carbocycles. The molecule has 0 saturated heterocycles. The van der Waals surface area contributed by atoms with Crippen molar-refractivity contribution >= 4 is 11.8 Å². The normalized spacial score (nSPS) is 14.0. The van der Waals surface area contributed by atoms with Gasteiger partial charge in [0.25, 0.3) is 5.91 Å². The largest absolute Gasteiger partial charge is 0.354 e. The first kappa shape index (κ1) is 18.1. The minimum atomic E-state index is -0.662. The molecule has 2 aromatic rings. The van der Waals surface area contributed by atoms with Gasteiger partial charge in [-0.1, -0.05) is 19.1 Å². The molecule has 1 aliphatic carbocycles. The summed E-state index contributed by atoms with van der Waals surface area (Å²) in [6, 6.07) is 5.71. The van der Waals surface area contributed by atoms with Gasteiger partial charge in [0.1, 0.15) is 17.5 Å². The Kier molecular flexibility index (Phi) is 5.35. The van der Waals surface area contributed by atoms with Gasteiger partial charge in [-0.2, -0.15) is 5.10 Å². The molecule has 0 fully saturated rings. The van der Waals surface area contributed by atoms with E-state index in [4.69, 9.17) is 0 Å². The Labute approximate surface area is 151 Å². The number of nitrogens with zero attached hydrogens (tertiary/aromatic N) is 2. The minimum Gasteiger partial charge on any atom is -0.354 e. The summed E-state index contributed by atoms with van der Waals surface area (Å²) in [4.78, 5) is 24.6. The SMILES string of the molecule is CCCNC(=O)C(C)NC(=O)c1nn(-c2ccccc2F)c2c1CCC2. The summed E-state index contributed by atoms with van der Waals surface area (Å²) in [7, 11) is 0. The lowest BCUT2D eigenvalue weighted by Gasteiger charge is -2.13. The number of carbonyl (C=O) groups is 2. The van der Waals surface area contributed by atoms with E-state index >= 15 is 0 Å². The van der Waals surface area contributed by atoms with Crippen molar-refractivity contribution in [2.24, 2.45) is 0 Å². The third-order valence-corrected chi connectivity index (χ3v) is 4.52. The van der Waals surface area contributed by atoms with Crippen molar-refractivity contribution in [3.8, 4) is 5.69 Å². The Bertz CT molecular complexity index is 831. The average molecular weight is 358 g/mol. The average Bonchev–Trinajstić information content (AvgIpc) is 3.22. The number of carbonyl (C=O) groups excluding carboxylic acids is 2. The molecule has 1 atom stereocenters. The van der Waals surface area contributed by atoms with Gasteiger partial charge in [0, 0.05) is 17.8 Å². The Morgan fingerprint density at radius 1 is 1.31 bits per heavy atom. The first-order chi connectivity index (χ1) is 12.5. The standard InChI is InChI=1S/C19H23FN4O2/c1-3-11-21-18(25)12(2)22-19(26)17-13-7-6-10-15(13)24(23-17)16-9-5-4-8-14(16)20/h4-5,8-9,12H,3,6-7,10-11H2,1-2H3,(H,21,25)(H,22,26). The molecule has 7 heteroatoms. The van der Waals surface area contributed by atoms with E-state index in [-0.39, 0.29) is 17.4 Å². The molecule has 3 rings (SSSR count). The van der Waals surface area contributed by atoms with Crippen LogP contribution in [0.4, 0.5) is 4.39 Å². The minimum absolute atomic E-state index is 0.231. The van der Waals surface area contributed by atoms with Gasteiger partial charge in [0.05, 0.1) is 0 Å². The Hall–Kier alpha value is -2.70. The zero-order valence-electron chi connectivity index (χ0n) is 15.0. The lowest BCUT2D eigenvalue weighted by atomic mass is 10.2. The van der Waals surface area contributed by atoms with Crippen LogP contribution in [0.1, 0.15) is 48.4 Å². The Balaban J connectivity index is 1.85. The van der Waals surface area contributed by atoms with Crippen molar-refractivity contribution in [2.45, 2.75) is 45.6 Å². The number of hydrogen-bond acceptors (Lipinski definition) is 3. The maximum absolute atomic E-state index is 14.2. The molecule has 1 aromatic heterocycles. The number of para-hydroxylation sites is 1. The molecule has 0 aliphatic heterocycles. The smallest absolute Gasteiger partial charge is 0.272 e. The summed E-state index contributed by atoms with van der Waals surface area (Å²) in [6.07, 6.45) is 3.20. The van der Waals surface area contributed by atoms with Crippen LogP contribution < -0.4 is 10.6 Å². The van der Waals surface area contributed by atoms with E-state index in [0.717, 1.165) is 36.9 Å². The van der Waals surface area contributed by atoms with Crippen LogP contribution in [0.3, 0.4) is 0 Å². The first-order valence-corrected chi connectivity index (χ1v) is 8.97. The molecule has 1 unspecified atom stereocenters. The molecule has 0 spiro atoms. The van der Waals surface area contributed by atoms with Crippen LogP contribution in [-0.4, -0.2) is 34.2 Å². The summed E-state index contributed by atoms with van der Waals surface area (Å²) < 4.78 is 15.7. The van der Waals surface area contributed by atoms with Crippen LogP contribution >= 0.6 is 0 Å². The van der Waals surface area contributed by atoms with E-state index in [1.807, 2.05) is 6.92 Å². The van der Waals surface area contributed by atoms with Gasteiger partial charge in [-0.05, 0) is 44.7 Å². The van der Waals surface area contributed by atoms with Crippen molar-refractivity contribution in [2.75, 3.05) is 6.54 Å². The highest BCUT2D eigenvalue weighted by Gasteiger charge is 2.29. The van der Waals surface area contributed by atoms with Crippen molar-refractivity contribution in [1.29, 1.82) is 0 Å². The van der Waals surface area contributed by atoms with Gasteiger partial charge in [0.2, 0.25) is 5.91 Å². The molecule has 1 aliphatic rings. The molecule has 6 nitrogen and oxygen atoms in total.